The van der Waals surface area contributed by atoms with Crippen LogP contribution in [-0.2, 0) is 0 Å². The molecule has 1 aliphatic rings. The van der Waals surface area contributed by atoms with Crippen molar-refractivity contribution < 1.29 is 0 Å². The molecular formula is C7H10ClN. The molecule has 0 radical (unpaired) electrons. The summed E-state index contributed by atoms with van der Waals surface area (Å²) in [5.74, 6) is 0.502. The van der Waals surface area contributed by atoms with E-state index in [9.17, 15) is 0 Å². The molecule has 0 aliphatic heterocycles. The van der Waals surface area contributed by atoms with Crippen LogP contribution in [-0.4, -0.2) is 0 Å². The minimum Gasteiger partial charge on any atom is -0.402 e. The SMILES string of the molecule is CC1C=C(Cl)C=C(N)C1. The zero-order valence-corrected chi connectivity index (χ0v) is 6.15. The van der Waals surface area contributed by atoms with Gasteiger partial charge in [0, 0.05) is 10.7 Å². The average molecular weight is 144 g/mol. The Morgan fingerprint density at radius 3 is 2.89 bits per heavy atom. The summed E-state index contributed by atoms with van der Waals surface area (Å²) in [5.41, 5.74) is 6.44. The molecule has 1 atom stereocenters. The van der Waals surface area contributed by atoms with Crippen molar-refractivity contribution in [2.45, 2.75) is 13.3 Å². The third-order valence-electron chi connectivity index (χ3n) is 1.32. The highest BCUT2D eigenvalue weighted by atomic mass is 35.5. The summed E-state index contributed by atoms with van der Waals surface area (Å²) in [5, 5.41) is 0.770. The lowest BCUT2D eigenvalue weighted by Crippen LogP contribution is -2.06. The van der Waals surface area contributed by atoms with E-state index < -0.39 is 0 Å². The Kier molecular flexibility index (Phi) is 1.81. The summed E-state index contributed by atoms with van der Waals surface area (Å²) in [4.78, 5) is 0. The second kappa shape index (κ2) is 2.44. The van der Waals surface area contributed by atoms with Crippen LogP contribution in [0.1, 0.15) is 13.3 Å². The van der Waals surface area contributed by atoms with Crippen LogP contribution < -0.4 is 5.73 Å². The molecule has 0 saturated carbocycles. The standard InChI is InChI=1S/C7H10ClN/c1-5-2-6(8)4-7(9)3-5/h2,4-5H,3,9H2,1H3. The average Bonchev–Trinajstić information content (AvgIpc) is 1.59. The zero-order chi connectivity index (χ0) is 6.85. The molecule has 0 saturated heterocycles. The van der Waals surface area contributed by atoms with Crippen molar-refractivity contribution in [2.75, 3.05) is 0 Å². The van der Waals surface area contributed by atoms with Gasteiger partial charge in [-0.2, -0.15) is 0 Å². The maximum atomic E-state index is 5.71. The van der Waals surface area contributed by atoms with E-state index in [1.807, 2.05) is 12.2 Å². The van der Waals surface area contributed by atoms with Crippen molar-refractivity contribution in [1.29, 1.82) is 0 Å². The highest BCUT2D eigenvalue weighted by Gasteiger charge is 2.06. The van der Waals surface area contributed by atoms with E-state index in [0.29, 0.717) is 5.92 Å². The van der Waals surface area contributed by atoms with Crippen LogP contribution in [0.4, 0.5) is 0 Å². The second-order valence-corrected chi connectivity index (χ2v) is 2.89. The van der Waals surface area contributed by atoms with E-state index >= 15 is 0 Å². The molecule has 0 fully saturated rings. The van der Waals surface area contributed by atoms with Gasteiger partial charge in [0.2, 0.25) is 0 Å². The van der Waals surface area contributed by atoms with Crippen LogP contribution in [0.5, 0.6) is 0 Å². The van der Waals surface area contributed by atoms with Crippen LogP contribution in [0.3, 0.4) is 0 Å². The van der Waals surface area contributed by atoms with Gasteiger partial charge in [0.05, 0.1) is 0 Å². The van der Waals surface area contributed by atoms with Gasteiger partial charge in [-0.05, 0) is 18.4 Å². The van der Waals surface area contributed by atoms with Crippen molar-refractivity contribution in [3.8, 4) is 0 Å². The van der Waals surface area contributed by atoms with Gasteiger partial charge in [-0.3, -0.25) is 0 Å². The molecule has 0 aromatic heterocycles. The second-order valence-electron chi connectivity index (χ2n) is 2.45. The van der Waals surface area contributed by atoms with Crippen molar-refractivity contribution >= 4 is 11.6 Å². The topological polar surface area (TPSA) is 26.0 Å². The minimum absolute atomic E-state index is 0.502. The first-order valence-corrected chi connectivity index (χ1v) is 3.39. The Balaban J connectivity index is 2.74. The maximum Gasteiger partial charge on any atom is 0.0386 e. The molecule has 9 heavy (non-hydrogen) atoms. The van der Waals surface area contributed by atoms with Gasteiger partial charge < -0.3 is 5.73 Å². The fraction of sp³-hybridized carbons (Fsp3) is 0.429. The Labute approximate surface area is 60.2 Å². The third kappa shape index (κ3) is 1.75. The van der Waals surface area contributed by atoms with E-state index in [0.717, 1.165) is 17.2 Å². The van der Waals surface area contributed by atoms with Crippen LogP contribution in [0.25, 0.3) is 0 Å². The molecule has 0 heterocycles. The first-order valence-electron chi connectivity index (χ1n) is 3.02. The minimum atomic E-state index is 0.502. The fourth-order valence-corrected chi connectivity index (χ4v) is 1.34. The normalized spacial score (nSPS) is 27.1. The molecule has 0 spiro atoms. The Morgan fingerprint density at radius 1 is 1.78 bits per heavy atom. The summed E-state index contributed by atoms with van der Waals surface area (Å²) in [7, 11) is 0. The van der Waals surface area contributed by atoms with Crippen molar-refractivity contribution in [3.63, 3.8) is 0 Å². The summed E-state index contributed by atoms with van der Waals surface area (Å²) >= 11 is 5.71. The lowest BCUT2D eigenvalue weighted by Gasteiger charge is -2.11. The summed E-state index contributed by atoms with van der Waals surface area (Å²) in [6, 6.07) is 0. The molecule has 2 N–H and O–H groups in total. The first kappa shape index (κ1) is 6.69. The zero-order valence-electron chi connectivity index (χ0n) is 5.39. The van der Waals surface area contributed by atoms with Crippen molar-refractivity contribution in [3.05, 3.63) is 22.9 Å². The van der Waals surface area contributed by atoms with Crippen molar-refractivity contribution in [1.82, 2.24) is 0 Å². The summed E-state index contributed by atoms with van der Waals surface area (Å²) in [6.07, 6.45) is 4.76. The van der Waals surface area contributed by atoms with Gasteiger partial charge in [-0.1, -0.05) is 24.6 Å². The number of rotatable bonds is 0. The quantitative estimate of drug-likeness (QED) is 0.552. The molecule has 2 heteroatoms. The molecule has 1 aliphatic carbocycles. The monoisotopic (exact) mass is 143 g/mol. The van der Waals surface area contributed by atoms with Gasteiger partial charge in [-0.25, -0.2) is 0 Å². The number of nitrogens with two attached hydrogens (primary N) is 1. The number of halogens is 1. The molecule has 0 aromatic carbocycles. The number of hydrogen-bond donors (Lipinski definition) is 1. The number of hydrogen-bond acceptors (Lipinski definition) is 1. The van der Waals surface area contributed by atoms with Crippen LogP contribution in [0.15, 0.2) is 22.9 Å². The molecule has 1 rings (SSSR count). The lowest BCUT2D eigenvalue weighted by atomic mass is 10.0. The van der Waals surface area contributed by atoms with Crippen LogP contribution in [0, 0.1) is 5.92 Å². The van der Waals surface area contributed by atoms with E-state index in [2.05, 4.69) is 6.92 Å². The Morgan fingerprint density at radius 2 is 2.44 bits per heavy atom. The molecule has 1 unspecified atom stereocenters. The van der Waals surface area contributed by atoms with E-state index in [1.54, 1.807) is 0 Å². The molecule has 0 aromatic rings. The van der Waals surface area contributed by atoms with E-state index in [-0.39, 0.29) is 0 Å². The van der Waals surface area contributed by atoms with Gasteiger partial charge in [0.1, 0.15) is 0 Å². The van der Waals surface area contributed by atoms with Gasteiger partial charge in [0.15, 0.2) is 0 Å². The van der Waals surface area contributed by atoms with Gasteiger partial charge >= 0.3 is 0 Å². The maximum absolute atomic E-state index is 5.71. The predicted molar refractivity (Wildman–Crippen MR) is 40.0 cm³/mol. The largest absolute Gasteiger partial charge is 0.402 e. The fourth-order valence-electron chi connectivity index (χ4n) is 0.987. The first-order chi connectivity index (χ1) is 4.18. The third-order valence-corrected chi connectivity index (χ3v) is 1.56. The molecular weight excluding hydrogens is 134 g/mol. The highest BCUT2D eigenvalue weighted by Crippen LogP contribution is 2.20. The van der Waals surface area contributed by atoms with Crippen molar-refractivity contribution in [2.24, 2.45) is 11.7 Å². The Bertz CT molecular complexity index is 170. The number of allylic oxidation sites excluding steroid dienone is 4. The van der Waals surface area contributed by atoms with E-state index in [4.69, 9.17) is 17.3 Å². The van der Waals surface area contributed by atoms with Crippen LogP contribution >= 0.6 is 11.6 Å². The van der Waals surface area contributed by atoms with Gasteiger partial charge in [0.25, 0.3) is 0 Å². The molecule has 0 bridgehead atoms. The lowest BCUT2D eigenvalue weighted by molar-refractivity contribution is 0.699. The molecule has 0 amide bonds. The van der Waals surface area contributed by atoms with Crippen LogP contribution in [0.2, 0.25) is 0 Å². The summed E-state index contributed by atoms with van der Waals surface area (Å²) in [6.45, 7) is 2.10. The smallest absolute Gasteiger partial charge is 0.0386 e. The Hall–Kier alpha value is -0.430. The highest BCUT2D eigenvalue weighted by molar-refractivity contribution is 6.31. The molecule has 50 valence electrons. The van der Waals surface area contributed by atoms with E-state index in [1.165, 1.54) is 0 Å². The molecule has 1 nitrogen and oxygen atoms in total. The van der Waals surface area contributed by atoms with Gasteiger partial charge in [-0.15, -0.1) is 0 Å². The summed E-state index contributed by atoms with van der Waals surface area (Å²) < 4.78 is 0. The predicted octanol–water partition coefficient (Wildman–Crippen LogP) is 1.99.